The molecule has 0 radical (unpaired) electrons. The molecule has 0 unspecified atom stereocenters. The number of H-pyrrole nitrogens is 1. The highest BCUT2D eigenvalue weighted by molar-refractivity contribution is 7.71. The largest absolute Gasteiger partial charge is 0.355 e. The maximum atomic E-state index is 13.5. The molecule has 0 bridgehead atoms. The van der Waals surface area contributed by atoms with Crippen LogP contribution in [0.2, 0.25) is 0 Å². The highest BCUT2D eigenvalue weighted by Crippen LogP contribution is 2.19. The Kier molecular flexibility index (Phi) is 3.42. The first-order valence-corrected chi connectivity index (χ1v) is 5.72. The Morgan fingerprint density at radius 3 is 2.89 bits per heavy atom. The van der Waals surface area contributed by atoms with E-state index in [9.17, 15) is 13.6 Å². The molecule has 0 aliphatic heterocycles. The average Bonchev–Trinajstić information content (AvgIpc) is 2.56. The molecule has 4 nitrogen and oxygen atoms in total. The van der Waals surface area contributed by atoms with Crippen LogP contribution in [-0.2, 0) is 11.3 Å². The molecule has 0 fully saturated rings. The number of hydrogen-bond donors (Lipinski definition) is 2. The molecule has 2 aromatic rings. The number of halogens is 2. The van der Waals surface area contributed by atoms with Gasteiger partial charge >= 0.3 is 0 Å². The van der Waals surface area contributed by atoms with Gasteiger partial charge in [0.05, 0.1) is 5.52 Å². The van der Waals surface area contributed by atoms with Crippen molar-refractivity contribution >= 4 is 29.2 Å². The second-order valence-corrected chi connectivity index (χ2v) is 4.23. The van der Waals surface area contributed by atoms with Gasteiger partial charge in [-0.05, 0) is 18.3 Å². The number of amides is 1. The van der Waals surface area contributed by atoms with Crippen molar-refractivity contribution in [2.24, 2.45) is 0 Å². The van der Waals surface area contributed by atoms with Crippen molar-refractivity contribution in [2.75, 3.05) is 6.54 Å². The van der Waals surface area contributed by atoms with E-state index in [4.69, 9.17) is 12.2 Å². The van der Waals surface area contributed by atoms with Crippen LogP contribution in [0.5, 0.6) is 0 Å². The van der Waals surface area contributed by atoms with Crippen LogP contribution in [0.25, 0.3) is 11.0 Å². The van der Waals surface area contributed by atoms with Crippen LogP contribution in [0.3, 0.4) is 0 Å². The molecular formula is C11H11F2N3OS. The molecule has 2 N–H and O–H groups in total. The third-order valence-electron chi connectivity index (χ3n) is 2.51. The quantitative estimate of drug-likeness (QED) is 0.840. The van der Waals surface area contributed by atoms with Gasteiger partial charge in [0, 0.05) is 26.1 Å². The smallest absolute Gasteiger partial charge is 0.216 e. The van der Waals surface area contributed by atoms with Crippen LogP contribution in [-0.4, -0.2) is 22.0 Å². The lowest BCUT2D eigenvalue weighted by atomic mass is 10.3. The van der Waals surface area contributed by atoms with Gasteiger partial charge in [0.25, 0.3) is 0 Å². The molecule has 7 heteroatoms. The summed E-state index contributed by atoms with van der Waals surface area (Å²) >= 11 is 5.04. The van der Waals surface area contributed by atoms with Crippen molar-refractivity contribution in [1.29, 1.82) is 0 Å². The fraction of sp³-hybridized carbons (Fsp3) is 0.273. The van der Waals surface area contributed by atoms with Crippen LogP contribution < -0.4 is 5.32 Å². The fourth-order valence-corrected chi connectivity index (χ4v) is 2.04. The lowest BCUT2D eigenvalue weighted by Gasteiger charge is -2.05. The van der Waals surface area contributed by atoms with Crippen LogP contribution in [0.15, 0.2) is 12.1 Å². The van der Waals surface area contributed by atoms with Crippen molar-refractivity contribution in [3.63, 3.8) is 0 Å². The highest BCUT2D eigenvalue weighted by Gasteiger charge is 2.10. The zero-order valence-electron chi connectivity index (χ0n) is 9.59. The summed E-state index contributed by atoms with van der Waals surface area (Å²) < 4.78 is 28.5. The van der Waals surface area contributed by atoms with E-state index in [0.29, 0.717) is 23.4 Å². The summed E-state index contributed by atoms with van der Waals surface area (Å²) in [5.74, 6) is -1.52. The summed E-state index contributed by atoms with van der Waals surface area (Å²) in [6.45, 7) is 2.09. The maximum absolute atomic E-state index is 13.5. The summed E-state index contributed by atoms with van der Waals surface area (Å²) in [7, 11) is 0. The Morgan fingerprint density at radius 2 is 2.22 bits per heavy atom. The van der Waals surface area contributed by atoms with E-state index in [1.165, 1.54) is 13.0 Å². The minimum atomic E-state index is -0.686. The number of aromatic amines is 1. The minimum Gasteiger partial charge on any atom is -0.355 e. The van der Waals surface area contributed by atoms with E-state index in [1.54, 1.807) is 4.57 Å². The van der Waals surface area contributed by atoms with Crippen molar-refractivity contribution in [3.8, 4) is 0 Å². The van der Waals surface area contributed by atoms with Crippen molar-refractivity contribution in [2.45, 2.75) is 13.5 Å². The molecule has 1 amide bonds. The predicted molar refractivity (Wildman–Crippen MR) is 65.7 cm³/mol. The van der Waals surface area contributed by atoms with Crippen molar-refractivity contribution in [3.05, 3.63) is 28.5 Å². The molecule has 0 aliphatic rings. The number of carbonyl (C=O) groups excluding carboxylic acids is 1. The summed E-state index contributed by atoms with van der Waals surface area (Å²) in [5.41, 5.74) is 0.520. The van der Waals surface area contributed by atoms with E-state index in [1.807, 2.05) is 0 Å². The number of carbonyl (C=O) groups is 1. The molecule has 18 heavy (non-hydrogen) atoms. The summed E-state index contributed by atoms with van der Waals surface area (Å²) in [4.78, 5) is 13.4. The summed E-state index contributed by atoms with van der Waals surface area (Å²) in [5, 5.41) is 2.60. The zero-order valence-corrected chi connectivity index (χ0v) is 10.4. The second-order valence-electron chi connectivity index (χ2n) is 3.85. The van der Waals surface area contributed by atoms with Gasteiger partial charge in [-0.3, -0.25) is 4.79 Å². The first-order chi connectivity index (χ1) is 8.49. The van der Waals surface area contributed by atoms with Gasteiger partial charge in [0.15, 0.2) is 10.6 Å². The summed E-state index contributed by atoms with van der Waals surface area (Å²) in [6, 6.07) is 2.00. The first kappa shape index (κ1) is 12.7. The zero-order chi connectivity index (χ0) is 13.3. The molecule has 2 rings (SSSR count). The number of fused-ring (bicyclic) bond motifs is 1. The number of nitrogens with one attached hydrogen (secondary N) is 2. The van der Waals surface area contributed by atoms with E-state index in [0.717, 1.165) is 6.07 Å². The second kappa shape index (κ2) is 4.85. The van der Waals surface area contributed by atoms with E-state index in [-0.39, 0.29) is 11.4 Å². The predicted octanol–water partition coefficient (Wildman–Crippen LogP) is 2.11. The van der Waals surface area contributed by atoms with Gasteiger partial charge < -0.3 is 14.9 Å². The molecule has 1 heterocycles. The van der Waals surface area contributed by atoms with Gasteiger partial charge in [-0.2, -0.15) is 0 Å². The minimum absolute atomic E-state index is 0.168. The Hall–Kier alpha value is -1.76. The van der Waals surface area contributed by atoms with Crippen molar-refractivity contribution < 1.29 is 13.6 Å². The van der Waals surface area contributed by atoms with E-state index >= 15 is 0 Å². The summed E-state index contributed by atoms with van der Waals surface area (Å²) in [6.07, 6.45) is 0. The van der Waals surface area contributed by atoms with Gasteiger partial charge in [0.1, 0.15) is 11.3 Å². The molecule has 0 atom stereocenters. The van der Waals surface area contributed by atoms with Gasteiger partial charge in [0.2, 0.25) is 5.91 Å². The van der Waals surface area contributed by atoms with Crippen LogP contribution in [0.1, 0.15) is 6.92 Å². The van der Waals surface area contributed by atoms with Gasteiger partial charge in [-0.1, -0.05) is 0 Å². The highest BCUT2D eigenvalue weighted by atomic mass is 32.1. The van der Waals surface area contributed by atoms with E-state index in [2.05, 4.69) is 10.3 Å². The number of nitrogens with zero attached hydrogens (tertiary/aromatic N) is 1. The van der Waals surface area contributed by atoms with Crippen molar-refractivity contribution in [1.82, 2.24) is 14.9 Å². The number of hydrogen-bond acceptors (Lipinski definition) is 2. The molecule has 1 aromatic carbocycles. The van der Waals surface area contributed by atoms with Gasteiger partial charge in [-0.15, -0.1) is 0 Å². The normalized spacial score (nSPS) is 10.8. The number of aromatic nitrogens is 2. The standard InChI is InChI=1S/C11H11F2N3OS/c1-6(17)14-2-3-16-9-5-7(12)4-8(13)10(9)15-11(16)18/h4-5H,2-3H2,1H3,(H,14,17)(H,15,18). The topological polar surface area (TPSA) is 49.8 Å². The molecule has 96 valence electrons. The van der Waals surface area contributed by atoms with Crippen LogP contribution >= 0.6 is 12.2 Å². The van der Waals surface area contributed by atoms with E-state index < -0.39 is 11.6 Å². The molecule has 0 saturated heterocycles. The molecular weight excluding hydrogens is 260 g/mol. The molecule has 0 aliphatic carbocycles. The Morgan fingerprint density at radius 1 is 1.50 bits per heavy atom. The SMILES string of the molecule is CC(=O)NCCn1c(=S)[nH]c2c(F)cc(F)cc21. The lowest BCUT2D eigenvalue weighted by molar-refractivity contribution is -0.118. The maximum Gasteiger partial charge on any atom is 0.216 e. The first-order valence-electron chi connectivity index (χ1n) is 5.31. The molecule has 0 saturated carbocycles. The number of imidazole rings is 1. The average molecular weight is 271 g/mol. The Labute approximate surface area is 107 Å². The number of benzene rings is 1. The van der Waals surface area contributed by atoms with Crippen LogP contribution in [0.4, 0.5) is 8.78 Å². The van der Waals surface area contributed by atoms with Crippen LogP contribution in [0, 0.1) is 16.4 Å². The lowest BCUT2D eigenvalue weighted by Crippen LogP contribution is -2.24. The number of rotatable bonds is 3. The Bertz CT molecular complexity index is 662. The van der Waals surface area contributed by atoms with Gasteiger partial charge in [-0.25, -0.2) is 8.78 Å². The molecule has 0 spiro atoms. The third-order valence-corrected chi connectivity index (χ3v) is 2.83. The Balaban J connectivity index is 2.40. The third kappa shape index (κ3) is 2.40. The molecule has 1 aromatic heterocycles. The fourth-order valence-electron chi connectivity index (χ4n) is 1.75. The monoisotopic (exact) mass is 271 g/mol.